The lowest BCUT2D eigenvalue weighted by Crippen LogP contribution is -2.51. The Kier molecular flexibility index (Phi) is 8.06. The number of amides is 3. The molecule has 35 heavy (non-hydrogen) atoms. The first kappa shape index (κ1) is 25.2. The smallest absolute Gasteiger partial charge is 0.323 e. The van der Waals surface area contributed by atoms with Crippen LogP contribution in [0.5, 0.6) is 0 Å². The van der Waals surface area contributed by atoms with Gasteiger partial charge < -0.3 is 31.9 Å². The molecule has 0 bridgehead atoms. The summed E-state index contributed by atoms with van der Waals surface area (Å²) in [4.78, 5) is 25.8. The molecule has 3 aliphatic rings. The number of nitrogens with one attached hydrogen (secondary N) is 5. The monoisotopic (exact) mass is 503 g/mol. The highest BCUT2D eigenvalue weighted by molar-refractivity contribution is 7.89. The number of carbonyl (C=O) groups is 2. The van der Waals surface area contributed by atoms with Crippen LogP contribution >= 0.6 is 0 Å². The third-order valence-corrected chi connectivity index (χ3v) is 7.68. The second-order valence-corrected chi connectivity index (χ2v) is 10.6. The Labute approximate surface area is 205 Å². The van der Waals surface area contributed by atoms with Crippen LogP contribution in [0.1, 0.15) is 31.2 Å². The van der Waals surface area contributed by atoms with E-state index in [0.29, 0.717) is 32.6 Å². The number of sulfonamides is 1. The highest BCUT2D eigenvalue weighted by atomic mass is 32.2. The molecule has 3 amide bonds. The van der Waals surface area contributed by atoms with Gasteiger partial charge in [0.05, 0.1) is 4.90 Å². The lowest BCUT2D eigenvalue weighted by molar-refractivity contribution is -0.120. The van der Waals surface area contributed by atoms with Crippen molar-refractivity contribution in [2.45, 2.75) is 42.8 Å². The zero-order chi connectivity index (χ0) is 24.8. The predicted octanol–water partition coefficient (Wildman–Crippen LogP) is -0.249. The Morgan fingerprint density at radius 3 is 2.71 bits per heavy atom. The van der Waals surface area contributed by atoms with Crippen LogP contribution < -0.4 is 31.7 Å². The van der Waals surface area contributed by atoms with Crippen molar-refractivity contribution in [3.05, 3.63) is 47.7 Å². The molecule has 1 aromatic carbocycles. The molecule has 190 valence electrons. The van der Waals surface area contributed by atoms with Crippen molar-refractivity contribution in [3.63, 3.8) is 0 Å². The Morgan fingerprint density at radius 2 is 2.00 bits per heavy atom. The number of rotatable bonds is 10. The van der Waals surface area contributed by atoms with Gasteiger partial charge in [0.25, 0.3) is 0 Å². The number of hydrogen-bond acceptors (Lipinski definition) is 7. The average Bonchev–Trinajstić information content (AvgIpc) is 3.25. The maximum atomic E-state index is 12.7. The fraction of sp³-hybridized carbons (Fsp3) is 0.478. The van der Waals surface area contributed by atoms with E-state index < -0.39 is 10.0 Å². The topological polar surface area (TPSA) is 158 Å². The SMILES string of the molecule is NCCC(=O)NCCCN1C=C2C=C(c3ccc(S(=O)(=O)NC4CCCNC4)cc3)NC2NC1=O. The Morgan fingerprint density at radius 1 is 1.20 bits per heavy atom. The Hall–Kier alpha value is -2.93. The number of hydrogen-bond donors (Lipinski definition) is 6. The van der Waals surface area contributed by atoms with Crippen molar-refractivity contribution in [1.29, 1.82) is 0 Å². The van der Waals surface area contributed by atoms with Gasteiger partial charge in [0.15, 0.2) is 0 Å². The minimum absolute atomic E-state index is 0.0952. The van der Waals surface area contributed by atoms with Gasteiger partial charge in [-0.15, -0.1) is 0 Å². The number of fused-ring (bicyclic) bond motifs is 1. The van der Waals surface area contributed by atoms with Gasteiger partial charge in [-0.2, -0.15) is 0 Å². The summed E-state index contributed by atoms with van der Waals surface area (Å²) in [6.07, 6.45) is 6.06. The predicted molar refractivity (Wildman–Crippen MR) is 132 cm³/mol. The lowest BCUT2D eigenvalue weighted by Gasteiger charge is -2.29. The van der Waals surface area contributed by atoms with Crippen LogP contribution in [0.4, 0.5) is 4.79 Å². The van der Waals surface area contributed by atoms with Gasteiger partial charge in [0, 0.05) is 56.1 Å². The van der Waals surface area contributed by atoms with Gasteiger partial charge in [-0.05, 0) is 49.6 Å². The van der Waals surface area contributed by atoms with E-state index in [9.17, 15) is 18.0 Å². The van der Waals surface area contributed by atoms with Crippen LogP contribution in [0.3, 0.4) is 0 Å². The first-order valence-corrected chi connectivity index (χ1v) is 13.4. The van der Waals surface area contributed by atoms with E-state index in [1.807, 2.05) is 6.08 Å². The number of benzene rings is 1. The molecule has 1 fully saturated rings. The molecule has 3 aliphatic heterocycles. The normalized spacial score (nSPS) is 22.0. The Bertz CT molecular complexity index is 1100. The van der Waals surface area contributed by atoms with Gasteiger partial charge in [0.2, 0.25) is 15.9 Å². The van der Waals surface area contributed by atoms with E-state index in [4.69, 9.17) is 5.73 Å². The molecule has 3 heterocycles. The van der Waals surface area contributed by atoms with Crippen LogP contribution in [-0.2, 0) is 14.8 Å². The lowest BCUT2D eigenvalue weighted by atomic mass is 10.1. The third kappa shape index (κ3) is 6.40. The molecule has 4 rings (SSSR count). The summed E-state index contributed by atoms with van der Waals surface area (Å²) in [7, 11) is -3.59. The first-order valence-electron chi connectivity index (χ1n) is 11.9. The first-order chi connectivity index (χ1) is 16.9. The Balaban J connectivity index is 1.36. The molecule has 11 nitrogen and oxygen atoms in total. The van der Waals surface area contributed by atoms with Crippen molar-refractivity contribution < 1.29 is 18.0 Å². The molecule has 2 atom stereocenters. The van der Waals surface area contributed by atoms with Crippen molar-refractivity contribution in [3.8, 4) is 0 Å². The molecule has 7 N–H and O–H groups in total. The fourth-order valence-electron chi connectivity index (χ4n) is 4.29. The minimum Gasteiger partial charge on any atom is -0.361 e. The molecule has 0 radical (unpaired) electrons. The number of piperidine rings is 1. The van der Waals surface area contributed by atoms with E-state index in [0.717, 1.165) is 36.2 Å². The van der Waals surface area contributed by atoms with Gasteiger partial charge in [-0.25, -0.2) is 17.9 Å². The second kappa shape index (κ2) is 11.2. The molecule has 0 saturated carbocycles. The van der Waals surface area contributed by atoms with E-state index >= 15 is 0 Å². The fourth-order valence-corrected chi connectivity index (χ4v) is 5.56. The van der Waals surface area contributed by atoms with Crippen LogP contribution in [0.25, 0.3) is 5.70 Å². The average molecular weight is 504 g/mol. The van der Waals surface area contributed by atoms with Gasteiger partial charge in [-0.1, -0.05) is 12.1 Å². The summed E-state index contributed by atoms with van der Waals surface area (Å²) >= 11 is 0. The summed E-state index contributed by atoms with van der Waals surface area (Å²) in [5, 5.41) is 12.2. The molecule has 1 saturated heterocycles. The van der Waals surface area contributed by atoms with Crippen LogP contribution in [0.15, 0.2) is 47.0 Å². The zero-order valence-corrected chi connectivity index (χ0v) is 20.4. The minimum atomic E-state index is -3.59. The van der Waals surface area contributed by atoms with Crippen molar-refractivity contribution >= 4 is 27.7 Å². The summed E-state index contributed by atoms with van der Waals surface area (Å²) in [5.74, 6) is -0.0952. The number of urea groups is 1. The number of carbonyl (C=O) groups excluding carboxylic acids is 2. The molecular formula is C23H33N7O4S. The standard InChI is InChI=1S/C23H33N7O4S/c24-9-8-21(31)26-11-2-12-30-15-17-13-20(27-22(17)28-23(30)32)16-4-6-19(7-5-16)35(33,34)29-18-3-1-10-25-14-18/h4-7,13,15,18,22,25,27,29H,1-3,8-12,14,24H2,(H,26,31)(H,28,32). The summed E-state index contributed by atoms with van der Waals surface area (Å²) < 4.78 is 28.2. The van der Waals surface area contributed by atoms with Gasteiger partial charge in [-0.3, -0.25) is 4.79 Å². The summed E-state index contributed by atoms with van der Waals surface area (Å²) in [6.45, 7) is 2.79. The third-order valence-electron chi connectivity index (χ3n) is 6.14. The van der Waals surface area contributed by atoms with E-state index in [1.165, 1.54) is 0 Å². The summed E-state index contributed by atoms with van der Waals surface area (Å²) in [6, 6.07) is 6.38. The van der Waals surface area contributed by atoms with Gasteiger partial charge >= 0.3 is 6.03 Å². The largest absolute Gasteiger partial charge is 0.361 e. The summed E-state index contributed by atoms with van der Waals surface area (Å²) in [5.41, 5.74) is 7.88. The van der Waals surface area contributed by atoms with Crippen LogP contribution in [0, 0.1) is 0 Å². The highest BCUT2D eigenvalue weighted by Gasteiger charge is 2.30. The molecule has 1 aromatic rings. The van der Waals surface area contributed by atoms with Gasteiger partial charge in [0.1, 0.15) is 6.17 Å². The quantitative estimate of drug-likeness (QED) is 0.240. The maximum absolute atomic E-state index is 12.7. The number of nitrogens with two attached hydrogens (primary N) is 1. The van der Waals surface area contributed by atoms with E-state index in [-0.39, 0.29) is 35.5 Å². The van der Waals surface area contributed by atoms with Crippen molar-refractivity contribution in [1.82, 2.24) is 30.9 Å². The van der Waals surface area contributed by atoms with Crippen LogP contribution in [0.2, 0.25) is 0 Å². The second-order valence-electron chi connectivity index (χ2n) is 8.84. The molecule has 12 heteroatoms. The molecule has 0 aromatic heterocycles. The highest BCUT2D eigenvalue weighted by Crippen LogP contribution is 2.26. The van der Waals surface area contributed by atoms with E-state index in [2.05, 4.69) is 26.0 Å². The van der Waals surface area contributed by atoms with Crippen molar-refractivity contribution in [2.24, 2.45) is 5.73 Å². The van der Waals surface area contributed by atoms with Crippen molar-refractivity contribution in [2.75, 3.05) is 32.7 Å². The van der Waals surface area contributed by atoms with Crippen LogP contribution in [-0.4, -0.2) is 70.2 Å². The number of nitrogens with zero attached hydrogens (tertiary/aromatic N) is 1. The maximum Gasteiger partial charge on any atom is 0.323 e. The molecular weight excluding hydrogens is 470 g/mol. The molecule has 0 aliphatic carbocycles. The molecule has 0 spiro atoms. The zero-order valence-electron chi connectivity index (χ0n) is 19.5. The van der Waals surface area contributed by atoms with E-state index in [1.54, 1.807) is 35.4 Å². The molecule has 2 unspecified atom stereocenters.